The summed E-state index contributed by atoms with van der Waals surface area (Å²) >= 11 is 21.5. The Morgan fingerprint density at radius 3 is 0.887 bits per heavy atom. The molecule has 17 aromatic rings. The van der Waals surface area contributed by atoms with Crippen LogP contribution in [0.4, 0.5) is 35.9 Å². The molecule has 18 heteroatoms. The molecule has 0 spiro atoms. The van der Waals surface area contributed by atoms with Gasteiger partial charge in [-0.2, -0.15) is 45.7 Å². The molecule has 0 saturated heterocycles. The van der Waals surface area contributed by atoms with Crippen LogP contribution in [0.25, 0.3) is 66.8 Å². The first-order valence-electron chi connectivity index (χ1n) is 50.3. The standard InChI is InChI=1S/C20H19NO.2C18H14S.2C12H17N.3C10H12.C6H3Cl2N.2C6H8N.C4H7F3O.2Mo.W/c1-21(2)17-13-18(15-9-5-3-6-10-15)20(22)19(14-17)16-11-7-4-8-12-16;2*19-18-16(14-8-3-1-4-9-14)12-7-13-17(18)15-10-5-2-6-11-15;2*1-8(2)10-6-5-7-11(9(3)4)12(10)13;3*1-10(2,3)9-7-5-4-6-8-9;7-4-2-1-3-5(8)6(4)9;2*1-5-3-4-6(2)7-5;1-3(2,8)4(5,6)7;;;/h3-14,22H,1-2H3;2*1-13,19H;2*5-9H,1-4H3;3*1,4-8H,2-3H3;1-3H;2*3-4H,1-2H3;8H,1-2H3;;;/q;;;;;;;;;2*-1;;;+2;/p-2. The van der Waals surface area contributed by atoms with E-state index in [2.05, 4.69) is 335 Å². The van der Waals surface area contributed by atoms with E-state index >= 15 is 0 Å². The molecule has 8 nitrogen and oxygen atoms in total. The molecule has 0 saturated carbocycles. The number of aromatic hydroxyl groups is 1. The molecule has 0 bridgehead atoms. The van der Waals surface area contributed by atoms with Crippen molar-refractivity contribution >= 4 is 84.4 Å². The minimum absolute atomic E-state index is 0.0309. The second-order valence-electron chi connectivity index (χ2n) is 39.8. The summed E-state index contributed by atoms with van der Waals surface area (Å²) < 4.78 is 56.1. The van der Waals surface area contributed by atoms with E-state index in [-0.39, 0.29) is 16.2 Å². The van der Waals surface area contributed by atoms with E-state index in [1.54, 1.807) is 0 Å². The summed E-state index contributed by atoms with van der Waals surface area (Å²) in [6.45, 7) is 41.1. The maximum Gasteiger partial charge on any atom is 0.131 e. The molecule has 778 valence electrons. The van der Waals surface area contributed by atoms with Gasteiger partial charge in [0.1, 0.15) is 5.75 Å². The van der Waals surface area contributed by atoms with Gasteiger partial charge in [-0.15, -0.1) is 0 Å². The smallest absolute Gasteiger partial charge is 0.131 e. The third-order valence-electron chi connectivity index (χ3n) is 24.3. The summed E-state index contributed by atoms with van der Waals surface area (Å²) in [4.78, 5) is 12.1. The van der Waals surface area contributed by atoms with Gasteiger partial charge in [-0.25, -0.2) is 0 Å². The van der Waals surface area contributed by atoms with Gasteiger partial charge in [0.25, 0.3) is 0 Å². The number of halogens is 5. The normalized spacial score (nSPS) is 11.0. The van der Waals surface area contributed by atoms with Crippen LogP contribution in [0.1, 0.15) is 196 Å². The zero-order valence-corrected chi connectivity index (χ0v) is 100. The topological polar surface area (TPSA) is 109 Å². The van der Waals surface area contributed by atoms with Gasteiger partial charge in [0, 0.05) is 30.9 Å². The average Bonchev–Trinajstić information content (AvgIpc) is 0.943. The third kappa shape index (κ3) is 38.0. The van der Waals surface area contributed by atoms with E-state index in [1.807, 2.05) is 236 Å². The summed E-state index contributed by atoms with van der Waals surface area (Å²) in [5.74, 6) is 2.37. The van der Waals surface area contributed by atoms with Crippen molar-refractivity contribution in [1.29, 1.82) is 0 Å². The van der Waals surface area contributed by atoms with Crippen LogP contribution in [0.2, 0.25) is 10.0 Å². The number of phenolic OH excluding ortho intramolecular Hbond substituents is 1. The monoisotopic (exact) mass is 2410 g/mol. The zero-order valence-electron chi connectivity index (χ0n) is 90.2. The van der Waals surface area contributed by atoms with E-state index < -0.39 is 65.5 Å². The number of aliphatic hydroxyl groups is 1. The molecular weight excluding hydrogens is 2270 g/mol. The number of hydrogen-bond donors (Lipinski definition) is 2. The van der Waals surface area contributed by atoms with Crippen LogP contribution >= 0.6 is 23.2 Å². The van der Waals surface area contributed by atoms with Crippen LogP contribution < -0.4 is 14.9 Å². The van der Waals surface area contributed by atoms with Gasteiger partial charge in [0.15, 0.2) is 5.60 Å². The minimum Gasteiger partial charge on any atom is -0.779 e. The molecule has 17 rings (SSSR count). The number of hydrogen-bond acceptors (Lipinski definition) is 8. The zero-order chi connectivity index (χ0) is 109. The molecule has 15 aromatic carbocycles. The van der Waals surface area contributed by atoms with Crippen LogP contribution in [0.15, 0.2) is 421 Å². The fourth-order valence-electron chi connectivity index (χ4n) is 15.4. The Labute approximate surface area is 936 Å². The van der Waals surface area contributed by atoms with Gasteiger partial charge >= 0.3 is 455 Å². The molecular formula is C132H141Cl2F3Mo2N6O2S2W-2. The molecule has 0 aliphatic heterocycles. The average molecular weight is 2410 g/mol. The van der Waals surface area contributed by atoms with Crippen molar-refractivity contribution in [3.63, 3.8) is 0 Å². The minimum atomic E-state index is -4.51. The Morgan fingerprint density at radius 1 is 0.353 bits per heavy atom. The Hall–Kier alpha value is -11.7. The van der Waals surface area contributed by atoms with Crippen LogP contribution in [0.5, 0.6) is 5.75 Å². The molecule has 2 heterocycles. The van der Waals surface area contributed by atoms with Gasteiger partial charge in [0.05, 0.1) is 0 Å². The number of benzene rings is 15. The van der Waals surface area contributed by atoms with Gasteiger partial charge in [-0.05, 0) is 81.6 Å². The molecule has 0 atom stereocenters. The maximum absolute atomic E-state index is 11.3. The number of alkyl halides is 3. The van der Waals surface area contributed by atoms with Gasteiger partial charge in [-0.1, -0.05) is 270 Å². The molecule has 0 fully saturated rings. The number of anilines is 1. The van der Waals surface area contributed by atoms with E-state index in [0.29, 0.717) is 53.3 Å². The maximum atomic E-state index is 11.3. The van der Waals surface area contributed by atoms with E-state index in [9.17, 15) is 18.3 Å². The van der Waals surface area contributed by atoms with Gasteiger partial charge < -0.3 is 50.3 Å². The van der Waals surface area contributed by atoms with Crippen molar-refractivity contribution < 1.29 is 77.1 Å². The summed E-state index contributed by atoms with van der Waals surface area (Å²) in [7, 11) is 4.02. The van der Waals surface area contributed by atoms with Crippen LogP contribution in [-0.2, 0) is 95.3 Å². The quantitative estimate of drug-likeness (QED) is 0.0578. The van der Waals surface area contributed by atoms with E-state index in [4.69, 9.17) is 60.6 Å². The fourth-order valence-corrected chi connectivity index (χ4v) is 23.6. The van der Waals surface area contributed by atoms with Gasteiger partial charge in [-0.3, -0.25) is 0 Å². The number of nitrogens with zero attached hydrogens (tertiary/aromatic N) is 6. The SMILES string of the molecule is CC(C)(O)C(F)(F)F.CC(C)([CH]=[W]=[N]c1c(Cl)cccc1Cl)c1ccccc1.CC(C)c1cccc(C(C)C)c1[N]=[Mo+2]=[CH]C(C)(C)c1ccccc1.CC(C)c1cccc(C(C)C)c1[N]=[Mo]=[CH]C(C)(C)c1ccccc1.CN(C)c1cc(-c2ccccc2)c(O)c(-c2ccccc2)c1.Cc1ccc(C)[n-]1.Cc1ccc(C)[n-]1.[S-]c1c(-c2ccccc2)cccc1-c1ccccc1.[S-]c1c(-c2ccccc2)cccc1-c1ccccc1. The second kappa shape index (κ2) is 59.9. The van der Waals surface area contributed by atoms with Crippen molar-refractivity contribution in [1.82, 2.24) is 9.97 Å². The van der Waals surface area contributed by atoms with Crippen molar-refractivity contribution in [2.45, 2.75) is 200 Å². The van der Waals surface area contributed by atoms with Crippen LogP contribution in [0, 0.1) is 27.7 Å². The van der Waals surface area contributed by atoms with Crippen molar-refractivity contribution in [3.05, 3.63) is 472 Å². The largest absolute Gasteiger partial charge is 0.779 e. The Bertz CT molecular complexity index is 6660. The summed E-state index contributed by atoms with van der Waals surface area (Å²) in [6, 6.07) is 137. The number of rotatable bonds is 20. The number of phenols is 1. The predicted molar refractivity (Wildman–Crippen MR) is 629 cm³/mol. The molecule has 0 amide bonds. The molecule has 0 aliphatic carbocycles. The molecule has 0 radical (unpaired) electrons. The first kappa shape index (κ1) is 122. The van der Waals surface area contributed by atoms with Crippen LogP contribution in [-0.4, -0.2) is 49.3 Å². The second-order valence-corrected chi connectivity index (χ2v) is 46.8. The van der Waals surface area contributed by atoms with E-state index in [0.717, 1.165) is 88.4 Å². The number of aryl methyl sites for hydroxylation is 4. The summed E-state index contributed by atoms with van der Waals surface area (Å²) in [5, 5.41) is 20.3. The van der Waals surface area contributed by atoms with Crippen LogP contribution in [0.3, 0.4) is 0 Å². The Morgan fingerprint density at radius 2 is 0.613 bits per heavy atom. The van der Waals surface area contributed by atoms with Crippen molar-refractivity contribution in [2.75, 3.05) is 19.0 Å². The predicted octanol–water partition coefficient (Wildman–Crippen LogP) is 37.4. The molecule has 2 aromatic heterocycles. The molecule has 0 unspecified atom stereocenters. The molecule has 2 N–H and O–H groups in total. The van der Waals surface area contributed by atoms with E-state index in [1.165, 1.54) is 72.6 Å². The Kier molecular flexibility index (Phi) is 48.7. The summed E-state index contributed by atoms with van der Waals surface area (Å²) in [6.07, 6.45) is -4.51. The Balaban J connectivity index is 0.000000192. The molecule has 150 heavy (non-hydrogen) atoms. The van der Waals surface area contributed by atoms with Crippen molar-refractivity contribution in [3.8, 4) is 72.5 Å². The third-order valence-corrected chi connectivity index (χ3v) is 34.2. The summed E-state index contributed by atoms with van der Waals surface area (Å²) in [5.41, 5.74) is 28.9. The first-order valence-corrected chi connectivity index (χ1v) is 59.0. The first-order chi connectivity index (χ1) is 71.4. The molecule has 0 aliphatic rings. The van der Waals surface area contributed by atoms with Crippen molar-refractivity contribution in [2.24, 2.45) is 10.5 Å². The number of aromatic nitrogens is 2. The van der Waals surface area contributed by atoms with Gasteiger partial charge in [0.2, 0.25) is 0 Å². The fraction of sp³-hybridized carbons (Fsp3) is 0.235.